The molecule has 0 fully saturated rings. The number of hydrogen-bond donors (Lipinski definition) is 2. The lowest BCUT2D eigenvalue weighted by Crippen LogP contribution is -2.10. The van der Waals surface area contributed by atoms with E-state index < -0.39 is 11.7 Å². The highest BCUT2D eigenvalue weighted by Gasteiger charge is 2.30. The van der Waals surface area contributed by atoms with Gasteiger partial charge in [-0.15, -0.1) is 0 Å². The van der Waals surface area contributed by atoms with E-state index in [2.05, 4.69) is 0 Å². The summed E-state index contributed by atoms with van der Waals surface area (Å²) in [4.78, 5) is 0. The van der Waals surface area contributed by atoms with Crippen molar-refractivity contribution in [2.45, 2.75) is 19.0 Å². The number of nitrogens with two attached hydrogens (primary N) is 1. The monoisotopic (exact) mass is 292 g/mol. The predicted molar refractivity (Wildman–Crippen MR) is 76.3 cm³/mol. The van der Waals surface area contributed by atoms with Crippen LogP contribution in [0.25, 0.3) is 0 Å². The fourth-order valence-corrected chi connectivity index (χ4v) is 2.04. The first kappa shape index (κ1) is 15.1. The lowest BCUT2D eigenvalue weighted by atomic mass is 10.0. The van der Waals surface area contributed by atoms with Crippen LogP contribution < -0.4 is 5.73 Å². The molecular weight excluding hydrogens is 277 g/mol. The van der Waals surface area contributed by atoms with Crippen molar-refractivity contribution in [2.75, 3.05) is 0 Å². The maximum Gasteiger partial charge on any atom is 0.416 e. The molecule has 2 aromatic carbocycles. The highest BCUT2D eigenvalue weighted by molar-refractivity contribution is 5.94. The van der Waals surface area contributed by atoms with Gasteiger partial charge in [0.05, 0.1) is 5.56 Å². The Labute approximate surface area is 120 Å². The van der Waals surface area contributed by atoms with Crippen LogP contribution in [-0.2, 0) is 19.0 Å². The summed E-state index contributed by atoms with van der Waals surface area (Å²) in [6, 6.07) is 12.5. The summed E-state index contributed by atoms with van der Waals surface area (Å²) in [5.41, 5.74) is 7.03. The zero-order valence-corrected chi connectivity index (χ0v) is 11.2. The molecule has 0 saturated carbocycles. The number of hydrogen-bond acceptors (Lipinski definition) is 1. The second kappa shape index (κ2) is 5.99. The molecule has 0 aliphatic carbocycles. The zero-order chi connectivity index (χ0) is 15.5. The highest BCUT2D eigenvalue weighted by Crippen LogP contribution is 2.29. The fraction of sp³-hybridized carbons (Fsp3) is 0.188. The van der Waals surface area contributed by atoms with Crippen molar-refractivity contribution in [3.63, 3.8) is 0 Å². The molecule has 0 heterocycles. The third-order valence-corrected chi connectivity index (χ3v) is 3.22. The normalized spacial score (nSPS) is 11.4. The maximum absolute atomic E-state index is 12.6. The molecule has 0 aliphatic heterocycles. The van der Waals surface area contributed by atoms with E-state index in [1.165, 1.54) is 12.1 Å². The Morgan fingerprint density at radius 3 is 2.14 bits per heavy atom. The van der Waals surface area contributed by atoms with Crippen molar-refractivity contribution in [3.8, 4) is 0 Å². The van der Waals surface area contributed by atoms with E-state index in [1.807, 2.05) is 12.1 Å². The Hall–Kier alpha value is -2.30. The van der Waals surface area contributed by atoms with Gasteiger partial charge >= 0.3 is 6.18 Å². The van der Waals surface area contributed by atoms with Gasteiger partial charge in [-0.3, -0.25) is 5.41 Å². The number of nitrogen functional groups attached to an aromatic ring is 1. The van der Waals surface area contributed by atoms with Crippen molar-refractivity contribution in [1.29, 1.82) is 5.41 Å². The summed E-state index contributed by atoms with van der Waals surface area (Å²) < 4.78 is 37.9. The molecular formula is C16H15F3N2. The number of nitrogens with one attached hydrogen (secondary N) is 1. The van der Waals surface area contributed by atoms with Crippen molar-refractivity contribution in [3.05, 3.63) is 70.8 Å². The molecule has 0 spiro atoms. The van der Waals surface area contributed by atoms with E-state index in [-0.39, 0.29) is 5.84 Å². The minimum Gasteiger partial charge on any atom is -0.384 e. The van der Waals surface area contributed by atoms with Gasteiger partial charge in [0.2, 0.25) is 0 Å². The van der Waals surface area contributed by atoms with Crippen LogP contribution in [0.3, 0.4) is 0 Å². The van der Waals surface area contributed by atoms with E-state index in [4.69, 9.17) is 11.1 Å². The Kier molecular flexibility index (Phi) is 4.31. The highest BCUT2D eigenvalue weighted by atomic mass is 19.4. The number of amidine groups is 1. The Bertz CT molecular complexity index is 631. The first-order valence-corrected chi connectivity index (χ1v) is 6.46. The van der Waals surface area contributed by atoms with Crippen LogP contribution in [0.2, 0.25) is 0 Å². The third kappa shape index (κ3) is 4.08. The van der Waals surface area contributed by atoms with Gasteiger partial charge in [-0.05, 0) is 30.0 Å². The largest absolute Gasteiger partial charge is 0.416 e. The molecule has 110 valence electrons. The predicted octanol–water partition coefficient (Wildman–Crippen LogP) is 3.77. The molecule has 0 amide bonds. The lowest BCUT2D eigenvalue weighted by Gasteiger charge is -2.09. The summed E-state index contributed by atoms with van der Waals surface area (Å²) in [5.74, 6) is -0.000529. The molecule has 2 aromatic rings. The Morgan fingerprint density at radius 2 is 1.57 bits per heavy atom. The van der Waals surface area contributed by atoms with Gasteiger partial charge in [-0.2, -0.15) is 13.2 Å². The number of halogens is 3. The van der Waals surface area contributed by atoms with E-state index >= 15 is 0 Å². The molecule has 2 rings (SSSR count). The lowest BCUT2D eigenvalue weighted by molar-refractivity contribution is -0.137. The SMILES string of the molecule is N=C(N)c1ccc(CCc2cccc(C(F)(F)F)c2)cc1. The van der Waals surface area contributed by atoms with Crippen LogP contribution in [0, 0.1) is 5.41 Å². The standard InChI is InChI=1S/C16H15F3N2/c17-16(18,19)14-3-1-2-12(10-14)5-4-11-6-8-13(9-7-11)15(20)21/h1-3,6-10H,4-5H2,(H3,20,21). The molecule has 0 saturated heterocycles. The van der Waals surface area contributed by atoms with E-state index in [0.717, 1.165) is 11.6 Å². The van der Waals surface area contributed by atoms with Crippen LogP contribution in [0.4, 0.5) is 13.2 Å². The fourth-order valence-electron chi connectivity index (χ4n) is 2.04. The van der Waals surface area contributed by atoms with Gasteiger partial charge in [0.1, 0.15) is 5.84 Å². The average molecular weight is 292 g/mol. The molecule has 0 unspecified atom stereocenters. The zero-order valence-electron chi connectivity index (χ0n) is 11.2. The Morgan fingerprint density at radius 1 is 0.952 bits per heavy atom. The van der Waals surface area contributed by atoms with Crippen molar-refractivity contribution in [2.24, 2.45) is 5.73 Å². The van der Waals surface area contributed by atoms with Crippen LogP contribution in [-0.4, -0.2) is 5.84 Å². The molecule has 5 heteroatoms. The quantitative estimate of drug-likeness (QED) is 0.654. The summed E-state index contributed by atoms with van der Waals surface area (Å²) in [6.07, 6.45) is -3.14. The molecule has 0 aliphatic rings. The summed E-state index contributed by atoms with van der Waals surface area (Å²) in [5, 5.41) is 7.30. The van der Waals surface area contributed by atoms with E-state index in [9.17, 15) is 13.2 Å². The van der Waals surface area contributed by atoms with Gasteiger partial charge in [-0.25, -0.2) is 0 Å². The van der Waals surface area contributed by atoms with Crippen LogP contribution in [0.15, 0.2) is 48.5 Å². The van der Waals surface area contributed by atoms with Gasteiger partial charge in [-0.1, -0.05) is 42.5 Å². The minimum absolute atomic E-state index is 0.000529. The smallest absolute Gasteiger partial charge is 0.384 e. The van der Waals surface area contributed by atoms with Crippen molar-refractivity contribution < 1.29 is 13.2 Å². The Balaban J connectivity index is 2.04. The van der Waals surface area contributed by atoms with E-state index in [1.54, 1.807) is 18.2 Å². The number of alkyl halides is 3. The molecule has 2 nitrogen and oxygen atoms in total. The molecule has 0 bridgehead atoms. The van der Waals surface area contributed by atoms with Crippen LogP contribution in [0.5, 0.6) is 0 Å². The van der Waals surface area contributed by atoms with Gasteiger partial charge in [0.25, 0.3) is 0 Å². The van der Waals surface area contributed by atoms with Crippen molar-refractivity contribution >= 4 is 5.84 Å². The molecule has 0 radical (unpaired) electrons. The van der Waals surface area contributed by atoms with Crippen LogP contribution in [0.1, 0.15) is 22.3 Å². The molecule has 0 atom stereocenters. The average Bonchev–Trinajstić information content (AvgIpc) is 2.45. The van der Waals surface area contributed by atoms with Crippen molar-refractivity contribution in [1.82, 2.24) is 0 Å². The van der Waals surface area contributed by atoms with E-state index in [0.29, 0.717) is 24.0 Å². The summed E-state index contributed by atoms with van der Waals surface area (Å²) >= 11 is 0. The van der Waals surface area contributed by atoms with Gasteiger partial charge in [0, 0.05) is 5.56 Å². The summed E-state index contributed by atoms with van der Waals surface area (Å²) in [7, 11) is 0. The molecule has 0 aromatic heterocycles. The topological polar surface area (TPSA) is 49.9 Å². The number of benzene rings is 2. The third-order valence-electron chi connectivity index (χ3n) is 3.22. The van der Waals surface area contributed by atoms with Crippen LogP contribution >= 0.6 is 0 Å². The number of rotatable bonds is 4. The summed E-state index contributed by atoms with van der Waals surface area (Å²) in [6.45, 7) is 0. The molecule has 21 heavy (non-hydrogen) atoms. The minimum atomic E-state index is -4.31. The number of aryl methyl sites for hydroxylation is 2. The van der Waals surface area contributed by atoms with Gasteiger partial charge < -0.3 is 5.73 Å². The molecule has 3 N–H and O–H groups in total. The second-order valence-corrected chi connectivity index (χ2v) is 4.81. The second-order valence-electron chi connectivity index (χ2n) is 4.81. The van der Waals surface area contributed by atoms with Gasteiger partial charge in [0.15, 0.2) is 0 Å². The first-order chi connectivity index (χ1) is 9.86. The first-order valence-electron chi connectivity index (χ1n) is 6.46. The maximum atomic E-state index is 12.6.